The molecule has 86 valence electrons. The van der Waals surface area contributed by atoms with Crippen LogP contribution in [0.1, 0.15) is 6.42 Å². The van der Waals surface area contributed by atoms with Crippen LogP contribution in [0.25, 0.3) is 0 Å². The van der Waals surface area contributed by atoms with Gasteiger partial charge in [0.1, 0.15) is 0 Å². The molecule has 0 radical (unpaired) electrons. The van der Waals surface area contributed by atoms with Gasteiger partial charge in [0.15, 0.2) is 0 Å². The highest BCUT2D eigenvalue weighted by molar-refractivity contribution is 6.36. The van der Waals surface area contributed by atoms with Gasteiger partial charge < -0.3 is 24.3 Å². The second-order valence-corrected chi connectivity index (χ2v) is 5.09. The van der Waals surface area contributed by atoms with Crippen molar-refractivity contribution in [3.8, 4) is 0 Å². The van der Waals surface area contributed by atoms with Crippen LogP contribution >= 0.6 is 0 Å². The SMILES string of the molecule is CO[SiH](OC)OC.NCCC1CNC1. The monoisotopic (exact) mass is 222 g/mol. The van der Waals surface area contributed by atoms with E-state index in [1.54, 1.807) is 21.3 Å². The molecule has 1 saturated heterocycles. The lowest BCUT2D eigenvalue weighted by Gasteiger charge is -2.26. The van der Waals surface area contributed by atoms with Crippen LogP contribution < -0.4 is 11.1 Å². The predicted molar refractivity (Wildman–Crippen MR) is 58.2 cm³/mol. The van der Waals surface area contributed by atoms with Gasteiger partial charge in [-0.3, -0.25) is 0 Å². The summed E-state index contributed by atoms with van der Waals surface area (Å²) >= 11 is 0. The molecule has 3 N–H and O–H groups in total. The Morgan fingerprint density at radius 2 is 1.71 bits per heavy atom. The predicted octanol–water partition coefficient (Wildman–Crippen LogP) is -0.803. The van der Waals surface area contributed by atoms with Crippen molar-refractivity contribution in [3.05, 3.63) is 0 Å². The molecule has 1 fully saturated rings. The summed E-state index contributed by atoms with van der Waals surface area (Å²) in [5, 5.41) is 3.19. The van der Waals surface area contributed by atoms with Gasteiger partial charge in [0.2, 0.25) is 0 Å². The molecule has 0 aromatic carbocycles. The lowest BCUT2D eigenvalue weighted by molar-refractivity contribution is 0.163. The molecule has 0 spiro atoms. The van der Waals surface area contributed by atoms with E-state index in [-0.39, 0.29) is 0 Å². The molecular formula is C8H22N2O3Si. The maximum Gasteiger partial charge on any atom is 0.483 e. The summed E-state index contributed by atoms with van der Waals surface area (Å²) in [4.78, 5) is 0. The van der Waals surface area contributed by atoms with Crippen LogP contribution in [0.3, 0.4) is 0 Å². The summed E-state index contributed by atoms with van der Waals surface area (Å²) in [5.41, 5.74) is 5.31. The molecule has 1 heterocycles. The molecule has 0 saturated carbocycles. The van der Waals surface area contributed by atoms with Crippen molar-refractivity contribution in [1.82, 2.24) is 5.32 Å². The van der Waals surface area contributed by atoms with Crippen molar-refractivity contribution in [2.45, 2.75) is 6.42 Å². The van der Waals surface area contributed by atoms with E-state index in [4.69, 9.17) is 19.0 Å². The molecule has 5 nitrogen and oxygen atoms in total. The van der Waals surface area contributed by atoms with Crippen molar-refractivity contribution in [2.75, 3.05) is 41.0 Å². The summed E-state index contributed by atoms with van der Waals surface area (Å²) < 4.78 is 14.2. The molecule has 1 aliphatic rings. The van der Waals surface area contributed by atoms with Crippen molar-refractivity contribution < 1.29 is 13.3 Å². The Balaban J connectivity index is 0.000000241. The minimum Gasteiger partial charge on any atom is -0.379 e. The van der Waals surface area contributed by atoms with E-state index in [1.165, 1.54) is 19.5 Å². The number of hydrogen-bond donors (Lipinski definition) is 2. The maximum absolute atomic E-state index is 5.31. The summed E-state index contributed by atoms with van der Waals surface area (Å²) in [5.74, 6) is 0.894. The number of nitrogens with one attached hydrogen (secondary N) is 1. The third kappa shape index (κ3) is 6.47. The van der Waals surface area contributed by atoms with Crippen LogP contribution in [0.2, 0.25) is 0 Å². The molecular weight excluding hydrogens is 200 g/mol. The average molecular weight is 222 g/mol. The standard InChI is InChI=1S/C5H12N2.C3H10O3Si/c6-2-1-5-3-7-4-5;1-4-7(5-2)6-3/h5,7H,1-4,6H2;7H,1-3H3. The minimum absolute atomic E-state index is 0.854. The molecule has 0 aromatic rings. The average Bonchev–Trinajstić information content (AvgIpc) is 2.15. The van der Waals surface area contributed by atoms with Crippen LogP contribution in [-0.2, 0) is 13.3 Å². The molecule has 0 aliphatic carbocycles. The van der Waals surface area contributed by atoms with Crippen molar-refractivity contribution in [2.24, 2.45) is 11.7 Å². The van der Waals surface area contributed by atoms with Gasteiger partial charge in [-0.1, -0.05) is 0 Å². The molecule has 14 heavy (non-hydrogen) atoms. The molecule has 0 atom stereocenters. The third-order valence-corrected chi connectivity index (χ3v) is 3.17. The smallest absolute Gasteiger partial charge is 0.379 e. The molecule has 0 aromatic heterocycles. The Labute approximate surface area is 87.9 Å². The first kappa shape index (κ1) is 14.0. The van der Waals surface area contributed by atoms with Crippen LogP contribution in [0.5, 0.6) is 0 Å². The third-order valence-electron chi connectivity index (χ3n) is 2.02. The largest absolute Gasteiger partial charge is 0.483 e. The maximum atomic E-state index is 5.31. The number of hydrogen-bond acceptors (Lipinski definition) is 5. The molecule has 6 heteroatoms. The summed E-state index contributed by atoms with van der Waals surface area (Å²) in [6, 6.07) is 0. The second kappa shape index (κ2) is 9.57. The zero-order valence-corrected chi connectivity index (χ0v) is 10.4. The fraction of sp³-hybridized carbons (Fsp3) is 1.00. The van der Waals surface area contributed by atoms with E-state index in [0.717, 1.165) is 12.5 Å². The Morgan fingerprint density at radius 1 is 1.21 bits per heavy atom. The Kier molecular flexibility index (Phi) is 9.58. The Hall–Kier alpha value is 0.0169. The van der Waals surface area contributed by atoms with E-state index in [9.17, 15) is 0 Å². The molecule has 0 amide bonds. The van der Waals surface area contributed by atoms with Gasteiger partial charge in [-0.25, -0.2) is 0 Å². The normalized spacial score (nSPS) is 16.1. The minimum atomic E-state index is -1.67. The van der Waals surface area contributed by atoms with Crippen LogP contribution in [0.4, 0.5) is 0 Å². The second-order valence-electron chi connectivity index (χ2n) is 3.10. The first-order valence-electron chi connectivity index (χ1n) is 4.77. The van der Waals surface area contributed by atoms with Gasteiger partial charge >= 0.3 is 9.53 Å². The van der Waals surface area contributed by atoms with Gasteiger partial charge in [0.25, 0.3) is 0 Å². The Morgan fingerprint density at radius 3 is 1.79 bits per heavy atom. The van der Waals surface area contributed by atoms with E-state index >= 15 is 0 Å². The van der Waals surface area contributed by atoms with Gasteiger partial charge in [-0.2, -0.15) is 0 Å². The fourth-order valence-corrected chi connectivity index (χ4v) is 1.65. The van der Waals surface area contributed by atoms with Gasteiger partial charge in [0, 0.05) is 21.3 Å². The zero-order chi connectivity index (χ0) is 10.8. The molecule has 0 unspecified atom stereocenters. The zero-order valence-electron chi connectivity index (χ0n) is 9.29. The molecule has 1 aliphatic heterocycles. The molecule has 0 bridgehead atoms. The van der Waals surface area contributed by atoms with Gasteiger partial charge in [0.05, 0.1) is 0 Å². The van der Waals surface area contributed by atoms with Crippen LogP contribution in [-0.4, -0.2) is 50.5 Å². The Bertz CT molecular complexity index is 116. The van der Waals surface area contributed by atoms with Crippen molar-refractivity contribution >= 4 is 9.53 Å². The van der Waals surface area contributed by atoms with E-state index in [0.29, 0.717) is 0 Å². The highest BCUT2D eigenvalue weighted by Crippen LogP contribution is 2.05. The van der Waals surface area contributed by atoms with E-state index in [2.05, 4.69) is 5.32 Å². The lowest BCUT2D eigenvalue weighted by Crippen LogP contribution is -2.42. The number of rotatable bonds is 5. The summed E-state index contributed by atoms with van der Waals surface area (Å²) in [6.45, 7) is 3.24. The fourth-order valence-electron chi connectivity index (χ4n) is 1.08. The summed E-state index contributed by atoms with van der Waals surface area (Å²) in [7, 11) is 3.05. The lowest BCUT2D eigenvalue weighted by atomic mass is 10.00. The summed E-state index contributed by atoms with van der Waals surface area (Å²) in [6.07, 6.45) is 1.20. The van der Waals surface area contributed by atoms with E-state index in [1.807, 2.05) is 0 Å². The van der Waals surface area contributed by atoms with Crippen molar-refractivity contribution in [3.63, 3.8) is 0 Å². The first-order chi connectivity index (χ1) is 6.78. The van der Waals surface area contributed by atoms with Gasteiger partial charge in [-0.15, -0.1) is 0 Å². The highest BCUT2D eigenvalue weighted by Gasteiger charge is 2.14. The highest BCUT2D eigenvalue weighted by atomic mass is 28.3. The van der Waals surface area contributed by atoms with E-state index < -0.39 is 9.53 Å². The van der Waals surface area contributed by atoms with Gasteiger partial charge in [-0.05, 0) is 32.0 Å². The van der Waals surface area contributed by atoms with Crippen LogP contribution in [0, 0.1) is 5.92 Å². The molecule has 1 rings (SSSR count). The topological polar surface area (TPSA) is 65.7 Å². The quantitative estimate of drug-likeness (QED) is 0.596. The van der Waals surface area contributed by atoms with Crippen molar-refractivity contribution in [1.29, 1.82) is 0 Å². The van der Waals surface area contributed by atoms with Crippen LogP contribution in [0.15, 0.2) is 0 Å². The first-order valence-corrected chi connectivity index (χ1v) is 6.19. The number of nitrogens with two attached hydrogens (primary N) is 1.